The average Bonchev–Trinajstić information content (AvgIpc) is 2.52. The van der Waals surface area contributed by atoms with Crippen LogP contribution in [-0.2, 0) is 15.6 Å². The molecule has 0 spiro atoms. The second kappa shape index (κ2) is 6.69. The van der Waals surface area contributed by atoms with Crippen LogP contribution >= 0.6 is 0 Å². The van der Waals surface area contributed by atoms with Gasteiger partial charge in [-0.15, -0.1) is 0 Å². The minimum absolute atomic E-state index is 0.0416. The van der Waals surface area contributed by atoms with E-state index in [2.05, 4.69) is 9.97 Å². The molecule has 4 N–H and O–H groups in total. The highest BCUT2D eigenvalue weighted by Crippen LogP contribution is 2.31. The number of benzene rings is 2. The fourth-order valence-corrected chi connectivity index (χ4v) is 4.05. The van der Waals surface area contributed by atoms with Gasteiger partial charge in [0, 0.05) is 16.6 Å². The molecular formula is C17H15F3N4O2S. The second-order valence-electron chi connectivity index (χ2n) is 6.02. The number of anilines is 2. The first-order valence-electron chi connectivity index (χ1n) is 7.72. The van der Waals surface area contributed by atoms with Gasteiger partial charge in [0.2, 0.25) is 5.95 Å². The van der Waals surface area contributed by atoms with Gasteiger partial charge in [0.15, 0.2) is 9.84 Å². The lowest BCUT2D eigenvalue weighted by atomic mass is 10.0. The molecule has 6 nitrogen and oxygen atoms in total. The molecule has 10 heteroatoms. The highest BCUT2D eigenvalue weighted by atomic mass is 32.2. The molecule has 0 fully saturated rings. The molecule has 0 unspecified atom stereocenters. The Labute approximate surface area is 153 Å². The number of sulfone groups is 1. The van der Waals surface area contributed by atoms with Crippen molar-refractivity contribution in [2.75, 3.05) is 17.2 Å². The number of aromatic nitrogens is 2. The molecule has 0 atom stereocenters. The molecule has 0 aliphatic rings. The molecular weight excluding hydrogens is 381 g/mol. The Morgan fingerprint density at radius 1 is 0.963 bits per heavy atom. The first-order valence-corrected chi connectivity index (χ1v) is 9.54. The summed E-state index contributed by atoms with van der Waals surface area (Å²) in [5.41, 5.74) is 14.0. The largest absolute Gasteiger partial charge is 0.402 e. The number of nitrogens with zero attached hydrogens (tertiary/aromatic N) is 2. The summed E-state index contributed by atoms with van der Waals surface area (Å²) in [4.78, 5) is 8.33. The number of fused-ring (bicyclic) bond motifs is 1. The number of rotatable bonds is 4. The zero-order chi connectivity index (χ0) is 19.8. The maximum atomic E-state index is 12.3. The molecule has 0 saturated carbocycles. The SMILES string of the molecule is Nc1nc(-c2ccc(CS(=O)(=O)CC(F)(F)F)cc2)c2c(N)cccc2n1. The summed E-state index contributed by atoms with van der Waals surface area (Å²) in [6.45, 7) is 0. The fraction of sp³-hybridized carbons (Fsp3) is 0.176. The third kappa shape index (κ3) is 4.45. The molecule has 0 amide bonds. The highest BCUT2D eigenvalue weighted by molar-refractivity contribution is 7.90. The molecule has 0 saturated heterocycles. The Balaban J connectivity index is 1.96. The Hall–Kier alpha value is -2.88. The molecule has 2 aromatic carbocycles. The molecule has 27 heavy (non-hydrogen) atoms. The summed E-state index contributed by atoms with van der Waals surface area (Å²) in [7, 11) is -4.31. The standard InChI is InChI=1S/C17H15F3N4O2S/c18-17(19,20)9-27(25,26)8-10-4-6-11(7-5-10)15-14-12(21)2-1-3-13(14)23-16(22)24-15/h1-7H,8-9,21H2,(H2,22,23,24). The van der Waals surface area contributed by atoms with Crippen molar-refractivity contribution in [1.82, 2.24) is 9.97 Å². The normalized spacial score (nSPS) is 12.4. The molecule has 1 aromatic heterocycles. The molecule has 0 aliphatic heterocycles. The van der Waals surface area contributed by atoms with Crippen LogP contribution in [0, 0.1) is 0 Å². The van der Waals surface area contributed by atoms with Crippen LogP contribution in [0.1, 0.15) is 5.56 Å². The van der Waals surface area contributed by atoms with Crippen LogP contribution in [0.25, 0.3) is 22.2 Å². The first kappa shape index (κ1) is 18.9. The minimum Gasteiger partial charge on any atom is -0.398 e. The number of halogens is 3. The quantitative estimate of drug-likeness (QED) is 0.656. The van der Waals surface area contributed by atoms with Crippen molar-refractivity contribution < 1.29 is 21.6 Å². The van der Waals surface area contributed by atoms with Crippen molar-refractivity contribution in [3.05, 3.63) is 48.0 Å². The Morgan fingerprint density at radius 3 is 2.26 bits per heavy atom. The Kier molecular flexibility index (Phi) is 4.68. The number of hydrogen-bond acceptors (Lipinski definition) is 6. The highest BCUT2D eigenvalue weighted by Gasteiger charge is 2.34. The third-order valence-corrected chi connectivity index (χ3v) is 5.31. The summed E-state index contributed by atoms with van der Waals surface area (Å²) >= 11 is 0. The van der Waals surface area contributed by atoms with Gasteiger partial charge in [0.25, 0.3) is 0 Å². The predicted molar refractivity (Wildman–Crippen MR) is 97.3 cm³/mol. The Morgan fingerprint density at radius 2 is 1.63 bits per heavy atom. The molecule has 0 bridgehead atoms. The van der Waals surface area contributed by atoms with Crippen molar-refractivity contribution in [2.45, 2.75) is 11.9 Å². The van der Waals surface area contributed by atoms with Crippen molar-refractivity contribution in [1.29, 1.82) is 0 Å². The van der Waals surface area contributed by atoms with Gasteiger partial charge in [-0.05, 0) is 17.7 Å². The molecule has 3 aromatic rings. The van der Waals surface area contributed by atoms with Crippen molar-refractivity contribution >= 4 is 32.4 Å². The number of alkyl halides is 3. The zero-order valence-electron chi connectivity index (χ0n) is 13.9. The van der Waals surface area contributed by atoms with E-state index in [-0.39, 0.29) is 11.5 Å². The monoisotopic (exact) mass is 396 g/mol. The van der Waals surface area contributed by atoms with Gasteiger partial charge in [-0.3, -0.25) is 0 Å². The van der Waals surface area contributed by atoms with Gasteiger partial charge in [0.1, 0.15) is 5.75 Å². The van der Waals surface area contributed by atoms with Gasteiger partial charge in [-0.25, -0.2) is 18.4 Å². The summed E-state index contributed by atoms with van der Waals surface area (Å²) < 4.78 is 60.4. The van der Waals surface area contributed by atoms with Crippen molar-refractivity contribution in [2.24, 2.45) is 0 Å². The van der Waals surface area contributed by atoms with Gasteiger partial charge in [0.05, 0.1) is 17.0 Å². The number of hydrogen-bond donors (Lipinski definition) is 2. The van der Waals surface area contributed by atoms with Crippen LogP contribution in [0.4, 0.5) is 24.8 Å². The number of nitrogen functional groups attached to an aromatic ring is 2. The van der Waals surface area contributed by atoms with E-state index in [9.17, 15) is 21.6 Å². The molecule has 1 heterocycles. The topological polar surface area (TPSA) is 112 Å². The lowest BCUT2D eigenvalue weighted by Gasteiger charge is -2.10. The number of nitrogens with two attached hydrogens (primary N) is 2. The zero-order valence-corrected chi connectivity index (χ0v) is 14.7. The summed E-state index contributed by atoms with van der Waals surface area (Å²) in [5, 5.41) is 0.587. The van der Waals surface area contributed by atoms with E-state index in [0.29, 0.717) is 27.8 Å². The van der Waals surface area contributed by atoms with E-state index >= 15 is 0 Å². The van der Waals surface area contributed by atoms with Gasteiger partial charge in [-0.1, -0.05) is 30.3 Å². The first-order chi connectivity index (χ1) is 12.5. The molecule has 0 radical (unpaired) electrons. The molecule has 3 rings (SSSR count). The summed E-state index contributed by atoms with van der Waals surface area (Å²) in [5.74, 6) is -2.52. The van der Waals surface area contributed by atoms with Crippen LogP contribution in [0.3, 0.4) is 0 Å². The second-order valence-corrected chi connectivity index (χ2v) is 8.08. The van der Waals surface area contributed by atoms with Crippen molar-refractivity contribution in [3.8, 4) is 11.3 Å². The Bertz CT molecular complexity index is 1100. The van der Waals surface area contributed by atoms with E-state index in [1.807, 2.05) is 0 Å². The van der Waals surface area contributed by atoms with E-state index in [4.69, 9.17) is 11.5 Å². The third-order valence-electron chi connectivity index (χ3n) is 3.77. The van der Waals surface area contributed by atoms with Crippen LogP contribution in [0.2, 0.25) is 0 Å². The average molecular weight is 396 g/mol. The minimum atomic E-state index is -4.77. The lowest BCUT2D eigenvalue weighted by molar-refractivity contribution is -0.106. The van der Waals surface area contributed by atoms with E-state index in [0.717, 1.165) is 0 Å². The smallest absolute Gasteiger partial charge is 0.398 e. The van der Waals surface area contributed by atoms with Crippen molar-refractivity contribution in [3.63, 3.8) is 0 Å². The van der Waals surface area contributed by atoms with E-state index in [1.54, 1.807) is 30.3 Å². The molecule has 0 aliphatic carbocycles. The van der Waals surface area contributed by atoms with Crippen LogP contribution in [-0.4, -0.2) is 30.3 Å². The summed E-state index contributed by atoms with van der Waals surface area (Å²) in [6.07, 6.45) is -4.77. The lowest BCUT2D eigenvalue weighted by Crippen LogP contribution is -2.23. The fourth-order valence-electron chi connectivity index (χ4n) is 2.75. The van der Waals surface area contributed by atoms with Crippen LogP contribution in [0.5, 0.6) is 0 Å². The van der Waals surface area contributed by atoms with E-state index < -0.39 is 27.5 Å². The van der Waals surface area contributed by atoms with Gasteiger partial charge in [-0.2, -0.15) is 13.2 Å². The van der Waals surface area contributed by atoms with Crippen LogP contribution < -0.4 is 11.5 Å². The summed E-state index contributed by atoms with van der Waals surface area (Å²) in [6, 6.07) is 11.1. The molecule has 142 valence electrons. The van der Waals surface area contributed by atoms with E-state index in [1.165, 1.54) is 12.1 Å². The van der Waals surface area contributed by atoms with Gasteiger partial charge >= 0.3 is 6.18 Å². The maximum Gasteiger partial charge on any atom is 0.402 e. The van der Waals surface area contributed by atoms with Crippen LogP contribution in [0.15, 0.2) is 42.5 Å². The predicted octanol–water partition coefficient (Wildman–Crippen LogP) is 2.94. The van der Waals surface area contributed by atoms with Gasteiger partial charge < -0.3 is 11.5 Å². The maximum absolute atomic E-state index is 12.3.